The van der Waals surface area contributed by atoms with Crippen molar-refractivity contribution in [2.24, 2.45) is 7.05 Å². The number of thiophene rings is 1. The van der Waals surface area contributed by atoms with Gasteiger partial charge in [-0.25, -0.2) is 9.97 Å². The number of fused-ring (bicyclic) bond motifs is 3. The molecule has 6 nitrogen and oxygen atoms in total. The summed E-state index contributed by atoms with van der Waals surface area (Å²) in [6.07, 6.45) is 4.42. The van der Waals surface area contributed by atoms with Crippen LogP contribution in [0.25, 0.3) is 20.8 Å². The largest absolute Gasteiger partial charge is 0.493 e. The van der Waals surface area contributed by atoms with Crippen molar-refractivity contribution < 1.29 is 9.47 Å². The van der Waals surface area contributed by atoms with Gasteiger partial charge < -0.3 is 9.47 Å². The molecule has 32 heavy (non-hydrogen) atoms. The number of benzene rings is 1. The molecule has 0 radical (unpaired) electrons. The van der Waals surface area contributed by atoms with Gasteiger partial charge >= 0.3 is 0 Å². The number of thiazole rings is 1. The Bertz CT molecular complexity index is 1360. The van der Waals surface area contributed by atoms with Crippen LogP contribution >= 0.6 is 34.4 Å². The molecule has 0 saturated carbocycles. The van der Waals surface area contributed by atoms with Gasteiger partial charge in [0.15, 0.2) is 16.7 Å². The van der Waals surface area contributed by atoms with E-state index in [9.17, 15) is 4.79 Å². The number of ether oxygens (including phenoxy) is 2. The molecule has 0 spiro atoms. The zero-order valence-corrected chi connectivity index (χ0v) is 20.6. The van der Waals surface area contributed by atoms with Gasteiger partial charge in [-0.3, -0.25) is 9.36 Å². The van der Waals surface area contributed by atoms with Crippen molar-refractivity contribution in [3.63, 3.8) is 0 Å². The summed E-state index contributed by atoms with van der Waals surface area (Å²) in [4.78, 5) is 25.0. The van der Waals surface area contributed by atoms with Gasteiger partial charge in [-0.1, -0.05) is 17.8 Å². The first kappa shape index (κ1) is 21.5. The summed E-state index contributed by atoms with van der Waals surface area (Å²) in [5.41, 5.74) is 3.15. The van der Waals surface area contributed by atoms with Crippen LogP contribution in [0.5, 0.6) is 11.5 Å². The molecule has 3 heterocycles. The lowest BCUT2D eigenvalue weighted by Gasteiger charge is -2.11. The molecule has 4 aromatic rings. The average Bonchev–Trinajstić information content (AvgIpc) is 3.44. The molecule has 0 aliphatic heterocycles. The maximum atomic E-state index is 13.1. The molecule has 0 fully saturated rings. The first-order valence-electron chi connectivity index (χ1n) is 10.4. The van der Waals surface area contributed by atoms with E-state index in [1.165, 1.54) is 16.9 Å². The fourth-order valence-corrected chi connectivity index (χ4v) is 7.20. The van der Waals surface area contributed by atoms with Gasteiger partial charge in [0.25, 0.3) is 5.56 Å². The summed E-state index contributed by atoms with van der Waals surface area (Å²) in [7, 11) is 5.08. The summed E-state index contributed by atoms with van der Waals surface area (Å²) < 4.78 is 12.6. The lowest BCUT2D eigenvalue weighted by molar-refractivity contribution is 0.356. The number of para-hydroxylation sites is 1. The van der Waals surface area contributed by atoms with Crippen LogP contribution in [0.15, 0.2) is 33.5 Å². The number of aryl methyl sites for hydroxylation is 2. The quantitative estimate of drug-likeness (QED) is 0.272. The van der Waals surface area contributed by atoms with Crippen LogP contribution in [-0.4, -0.2) is 28.8 Å². The Balaban J connectivity index is 1.41. The summed E-state index contributed by atoms with van der Waals surface area (Å²) in [5, 5.41) is 4.48. The SMILES string of the molecule is COc1cccc(-c2nc(CSc3nc4sc5c(c4c(=O)n3C)CCCC5)cs2)c1OC. The van der Waals surface area contributed by atoms with Gasteiger partial charge in [-0.15, -0.1) is 22.7 Å². The molecule has 0 atom stereocenters. The Kier molecular flexibility index (Phi) is 5.96. The van der Waals surface area contributed by atoms with Gasteiger partial charge in [0.05, 0.1) is 30.9 Å². The van der Waals surface area contributed by atoms with E-state index in [2.05, 4.69) is 0 Å². The Hall–Kier alpha value is -2.36. The minimum absolute atomic E-state index is 0.0667. The van der Waals surface area contributed by atoms with Gasteiger partial charge in [0.2, 0.25) is 0 Å². The standard InChI is InChI=1S/C23H23N3O3S3/c1-26-22(27)18-14-7-4-5-10-17(14)32-21(18)25-23(26)31-12-13-11-30-20(24-13)15-8-6-9-16(28-2)19(15)29-3/h6,8-9,11H,4-5,7,10,12H2,1-3H3. The van der Waals surface area contributed by atoms with E-state index in [-0.39, 0.29) is 5.56 Å². The second-order valence-corrected chi connectivity index (χ2v) is 10.5. The Labute approximate surface area is 198 Å². The van der Waals surface area contributed by atoms with Crippen molar-refractivity contribution in [2.75, 3.05) is 14.2 Å². The van der Waals surface area contributed by atoms with Crippen LogP contribution in [-0.2, 0) is 25.6 Å². The minimum atomic E-state index is 0.0667. The highest BCUT2D eigenvalue weighted by atomic mass is 32.2. The lowest BCUT2D eigenvalue weighted by atomic mass is 9.97. The van der Waals surface area contributed by atoms with E-state index >= 15 is 0 Å². The molecule has 0 bridgehead atoms. The fourth-order valence-electron chi connectivity index (χ4n) is 4.09. The molecule has 1 aliphatic carbocycles. The molecule has 5 rings (SSSR count). The topological polar surface area (TPSA) is 66.2 Å². The summed E-state index contributed by atoms with van der Waals surface area (Å²) >= 11 is 4.81. The molecule has 1 aromatic carbocycles. The number of thioether (sulfide) groups is 1. The number of aromatic nitrogens is 3. The van der Waals surface area contributed by atoms with E-state index in [0.717, 1.165) is 50.9 Å². The van der Waals surface area contributed by atoms with Crippen LogP contribution in [0, 0.1) is 0 Å². The minimum Gasteiger partial charge on any atom is -0.493 e. The van der Waals surface area contributed by atoms with Crippen LogP contribution in [0.3, 0.4) is 0 Å². The maximum Gasteiger partial charge on any atom is 0.262 e. The van der Waals surface area contributed by atoms with Crippen molar-refractivity contribution in [3.05, 3.63) is 50.1 Å². The first-order valence-corrected chi connectivity index (χ1v) is 13.1. The highest BCUT2D eigenvalue weighted by molar-refractivity contribution is 7.98. The predicted molar refractivity (Wildman–Crippen MR) is 132 cm³/mol. The predicted octanol–water partition coefficient (Wildman–Crippen LogP) is 5.31. The molecule has 0 unspecified atom stereocenters. The molecule has 0 saturated heterocycles. The summed E-state index contributed by atoms with van der Waals surface area (Å²) in [5.74, 6) is 2.00. The average molecular weight is 486 g/mol. The third-order valence-electron chi connectivity index (χ3n) is 5.69. The fraction of sp³-hybridized carbons (Fsp3) is 0.348. The lowest BCUT2D eigenvalue weighted by Crippen LogP contribution is -2.20. The van der Waals surface area contributed by atoms with Crippen molar-refractivity contribution in [1.29, 1.82) is 0 Å². The highest BCUT2D eigenvalue weighted by Gasteiger charge is 2.21. The third-order valence-corrected chi connectivity index (χ3v) is 8.86. The van der Waals surface area contributed by atoms with Crippen LogP contribution < -0.4 is 15.0 Å². The van der Waals surface area contributed by atoms with Crippen molar-refractivity contribution in [1.82, 2.24) is 14.5 Å². The number of methoxy groups -OCH3 is 2. The first-order chi connectivity index (χ1) is 15.6. The van der Waals surface area contributed by atoms with Crippen LogP contribution in [0.2, 0.25) is 0 Å². The Morgan fingerprint density at radius 2 is 2.00 bits per heavy atom. The smallest absolute Gasteiger partial charge is 0.262 e. The van der Waals surface area contributed by atoms with Crippen LogP contribution in [0.4, 0.5) is 0 Å². The highest BCUT2D eigenvalue weighted by Crippen LogP contribution is 2.39. The van der Waals surface area contributed by atoms with Gasteiger partial charge in [0.1, 0.15) is 9.84 Å². The van der Waals surface area contributed by atoms with E-state index in [1.54, 1.807) is 53.2 Å². The van der Waals surface area contributed by atoms with Crippen molar-refractivity contribution >= 4 is 44.7 Å². The van der Waals surface area contributed by atoms with Crippen molar-refractivity contribution in [2.45, 2.75) is 36.6 Å². The zero-order chi connectivity index (χ0) is 22.2. The molecule has 1 aliphatic rings. The van der Waals surface area contributed by atoms with Crippen LogP contribution in [0.1, 0.15) is 29.0 Å². The molecular weight excluding hydrogens is 462 g/mol. The second kappa shape index (κ2) is 8.88. The van der Waals surface area contributed by atoms with Gasteiger partial charge in [-0.05, 0) is 43.4 Å². The van der Waals surface area contributed by atoms with E-state index in [0.29, 0.717) is 17.3 Å². The molecular formula is C23H23N3O3S3. The molecule has 0 N–H and O–H groups in total. The third kappa shape index (κ3) is 3.72. The number of hydrogen-bond acceptors (Lipinski definition) is 8. The number of rotatable bonds is 6. The van der Waals surface area contributed by atoms with Gasteiger partial charge in [-0.2, -0.15) is 0 Å². The second-order valence-electron chi connectivity index (χ2n) is 7.62. The molecule has 166 valence electrons. The Morgan fingerprint density at radius 1 is 1.16 bits per heavy atom. The zero-order valence-electron chi connectivity index (χ0n) is 18.1. The maximum absolute atomic E-state index is 13.1. The van der Waals surface area contributed by atoms with Gasteiger partial charge in [0, 0.05) is 23.1 Å². The summed E-state index contributed by atoms with van der Waals surface area (Å²) in [6.45, 7) is 0. The molecule has 9 heteroatoms. The van der Waals surface area contributed by atoms with E-state index in [1.807, 2.05) is 30.6 Å². The molecule has 0 amide bonds. The Morgan fingerprint density at radius 3 is 2.81 bits per heavy atom. The molecule has 3 aromatic heterocycles. The monoisotopic (exact) mass is 485 g/mol. The van der Waals surface area contributed by atoms with Crippen molar-refractivity contribution in [3.8, 4) is 22.1 Å². The number of hydrogen-bond donors (Lipinski definition) is 0. The van der Waals surface area contributed by atoms with E-state index in [4.69, 9.17) is 19.4 Å². The van der Waals surface area contributed by atoms with E-state index < -0.39 is 0 Å². The number of nitrogens with zero attached hydrogens (tertiary/aromatic N) is 3. The summed E-state index contributed by atoms with van der Waals surface area (Å²) in [6, 6.07) is 5.79. The normalized spacial score (nSPS) is 13.3.